The number of rotatable bonds is 5. The van der Waals surface area contributed by atoms with Crippen LogP contribution in [0, 0.1) is 12.8 Å². The highest BCUT2D eigenvalue weighted by Crippen LogP contribution is 2.30. The molecule has 0 unspecified atom stereocenters. The number of halogens is 1. The molecular weight excluding hydrogens is 278 g/mol. The van der Waals surface area contributed by atoms with Crippen molar-refractivity contribution in [2.75, 3.05) is 26.2 Å². The zero-order chi connectivity index (χ0) is 13.2. The first-order valence-electron chi connectivity index (χ1n) is 7.00. The van der Waals surface area contributed by atoms with Crippen LogP contribution in [0.5, 0.6) is 0 Å². The van der Waals surface area contributed by atoms with Gasteiger partial charge in [-0.25, -0.2) is 0 Å². The van der Waals surface area contributed by atoms with Crippen LogP contribution in [-0.4, -0.2) is 37.0 Å². The number of hydrogen-bond acceptors (Lipinski definition) is 4. The lowest BCUT2D eigenvalue weighted by atomic mass is 10.1. The molecule has 2 aliphatic rings. The Morgan fingerprint density at radius 1 is 1.53 bits per heavy atom. The average Bonchev–Trinajstić information content (AvgIpc) is 2.95. The molecule has 1 aliphatic carbocycles. The fourth-order valence-corrected chi connectivity index (χ4v) is 3.52. The summed E-state index contributed by atoms with van der Waals surface area (Å²) in [5.41, 5.74) is 2.63. The second kappa shape index (κ2) is 5.71. The van der Waals surface area contributed by atoms with E-state index in [4.69, 9.17) is 11.6 Å². The van der Waals surface area contributed by atoms with Crippen LogP contribution in [0.1, 0.15) is 24.0 Å². The minimum atomic E-state index is 0.886. The quantitative estimate of drug-likeness (QED) is 0.905. The van der Waals surface area contributed by atoms with Crippen molar-refractivity contribution in [1.29, 1.82) is 0 Å². The van der Waals surface area contributed by atoms with Crippen molar-refractivity contribution in [3.05, 3.63) is 20.8 Å². The molecule has 0 atom stereocenters. The van der Waals surface area contributed by atoms with Gasteiger partial charge in [0, 0.05) is 19.6 Å². The number of aliphatic imine (C=N–C) groups is 1. The van der Waals surface area contributed by atoms with Gasteiger partial charge in [0.05, 0.1) is 10.9 Å². The monoisotopic (exact) mass is 297 g/mol. The Labute approximate surface area is 123 Å². The zero-order valence-electron chi connectivity index (χ0n) is 11.3. The number of nitrogens with one attached hydrogen (secondary N) is 1. The van der Waals surface area contributed by atoms with Crippen molar-refractivity contribution in [3.63, 3.8) is 0 Å². The van der Waals surface area contributed by atoms with Gasteiger partial charge in [-0.15, -0.1) is 11.3 Å². The Balaban J connectivity index is 1.62. The van der Waals surface area contributed by atoms with Crippen LogP contribution < -0.4 is 5.32 Å². The van der Waals surface area contributed by atoms with Crippen LogP contribution in [0.3, 0.4) is 0 Å². The lowest BCUT2D eigenvalue weighted by molar-refractivity contribution is 0.394. The molecule has 1 saturated carbocycles. The van der Waals surface area contributed by atoms with E-state index in [-0.39, 0.29) is 0 Å². The Bertz CT molecular complexity index is 479. The van der Waals surface area contributed by atoms with E-state index >= 15 is 0 Å². The van der Waals surface area contributed by atoms with E-state index in [0.717, 1.165) is 48.8 Å². The Morgan fingerprint density at radius 2 is 2.37 bits per heavy atom. The number of guanidine groups is 1. The second-order valence-electron chi connectivity index (χ2n) is 5.43. The molecule has 0 amide bonds. The molecule has 1 N–H and O–H groups in total. The van der Waals surface area contributed by atoms with Crippen LogP contribution in [0.25, 0.3) is 0 Å². The molecule has 3 rings (SSSR count). The topological polar surface area (TPSA) is 27.6 Å². The highest BCUT2D eigenvalue weighted by Gasteiger charge is 2.26. The standard InChI is InChI=1S/C14H20ClN3S/c1-10-12(9-19-13(10)15)4-7-18(8-11-2-3-11)14-16-5-6-17-14/h9,11H,2-8H2,1H3,(H,16,17). The molecule has 1 aliphatic heterocycles. The molecule has 0 aromatic carbocycles. The van der Waals surface area contributed by atoms with Crippen molar-refractivity contribution < 1.29 is 0 Å². The average molecular weight is 298 g/mol. The maximum absolute atomic E-state index is 6.13. The van der Waals surface area contributed by atoms with Gasteiger partial charge in [-0.2, -0.15) is 0 Å². The van der Waals surface area contributed by atoms with Gasteiger partial charge < -0.3 is 10.2 Å². The van der Waals surface area contributed by atoms with Crippen molar-refractivity contribution >= 4 is 28.9 Å². The van der Waals surface area contributed by atoms with Gasteiger partial charge in [0.2, 0.25) is 0 Å². The van der Waals surface area contributed by atoms with Gasteiger partial charge in [0.1, 0.15) is 0 Å². The van der Waals surface area contributed by atoms with Crippen molar-refractivity contribution in [2.45, 2.75) is 26.2 Å². The highest BCUT2D eigenvalue weighted by molar-refractivity contribution is 7.14. The molecule has 19 heavy (non-hydrogen) atoms. The first-order chi connectivity index (χ1) is 9.24. The summed E-state index contributed by atoms with van der Waals surface area (Å²) in [4.78, 5) is 6.99. The molecule has 1 aromatic heterocycles. The number of thiophene rings is 1. The molecule has 1 fully saturated rings. The summed E-state index contributed by atoms with van der Waals surface area (Å²) in [6.07, 6.45) is 3.82. The lowest BCUT2D eigenvalue weighted by Gasteiger charge is -2.24. The van der Waals surface area contributed by atoms with E-state index in [1.807, 2.05) is 0 Å². The van der Waals surface area contributed by atoms with Gasteiger partial charge >= 0.3 is 0 Å². The molecule has 0 bridgehead atoms. The summed E-state index contributed by atoms with van der Waals surface area (Å²) >= 11 is 7.78. The summed E-state index contributed by atoms with van der Waals surface area (Å²) < 4.78 is 0.931. The van der Waals surface area contributed by atoms with Crippen molar-refractivity contribution in [3.8, 4) is 0 Å². The predicted molar refractivity (Wildman–Crippen MR) is 82.4 cm³/mol. The fraction of sp³-hybridized carbons (Fsp3) is 0.643. The maximum Gasteiger partial charge on any atom is 0.194 e. The van der Waals surface area contributed by atoms with Crippen LogP contribution >= 0.6 is 22.9 Å². The van der Waals surface area contributed by atoms with Crippen LogP contribution in [0.15, 0.2) is 10.4 Å². The third kappa shape index (κ3) is 3.23. The van der Waals surface area contributed by atoms with Crippen LogP contribution in [0.4, 0.5) is 0 Å². The predicted octanol–water partition coefficient (Wildman–Crippen LogP) is 2.92. The largest absolute Gasteiger partial charge is 0.354 e. The Kier molecular flexibility index (Phi) is 3.99. The van der Waals surface area contributed by atoms with Gasteiger partial charge in [0.25, 0.3) is 0 Å². The molecule has 104 valence electrons. The van der Waals surface area contributed by atoms with Gasteiger partial charge in [-0.3, -0.25) is 4.99 Å². The van der Waals surface area contributed by atoms with E-state index in [1.165, 1.54) is 24.0 Å². The third-order valence-corrected chi connectivity index (χ3v) is 5.33. The second-order valence-corrected chi connectivity index (χ2v) is 6.91. The van der Waals surface area contributed by atoms with Gasteiger partial charge in [-0.1, -0.05) is 11.6 Å². The summed E-state index contributed by atoms with van der Waals surface area (Å²) in [6.45, 7) is 6.21. The Hall–Kier alpha value is -0.740. The summed E-state index contributed by atoms with van der Waals surface area (Å²) in [5.74, 6) is 1.99. The first-order valence-corrected chi connectivity index (χ1v) is 8.25. The third-order valence-electron chi connectivity index (χ3n) is 3.86. The molecule has 2 heterocycles. The van der Waals surface area contributed by atoms with Gasteiger partial charge in [0.15, 0.2) is 5.96 Å². The van der Waals surface area contributed by atoms with E-state index in [0.29, 0.717) is 0 Å². The minimum Gasteiger partial charge on any atom is -0.354 e. The van der Waals surface area contributed by atoms with Gasteiger partial charge in [-0.05, 0) is 48.6 Å². The smallest absolute Gasteiger partial charge is 0.194 e. The summed E-state index contributed by atoms with van der Waals surface area (Å²) in [5, 5.41) is 5.59. The summed E-state index contributed by atoms with van der Waals surface area (Å²) in [6, 6.07) is 0. The van der Waals surface area contributed by atoms with E-state index in [2.05, 4.69) is 27.5 Å². The van der Waals surface area contributed by atoms with E-state index in [1.54, 1.807) is 11.3 Å². The normalized spacial score (nSPS) is 18.3. The summed E-state index contributed by atoms with van der Waals surface area (Å²) in [7, 11) is 0. The molecule has 3 nitrogen and oxygen atoms in total. The lowest BCUT2D eigenvalue weighted by Crippen LogP contribution is -2.41. The minimum absolute atomic E-state index is 0.886. The van der Waals surface area contributed by atoms with Crippen LogP contribution in [-0.2, 0) is 6.42 Å². The zero-order valence-corrected chi connectivity index (χ0v) is 12.9. The SMILES string of the molecule is Cc1c(CCN(CC2CC2)C2=NCCN2)csc1Cl. The first kappa shape index (κ1) is 13.3. The van der Waals surface area contributed by atoms with Crippen molar-refractivity contribution in [1.82, 2.24) is 10.2 Å². The molecular formula is C14H20ClN3S. The van der Waals surface area contributed by atoms with E-state index < -0.39 is 0 Å². The Morgan fingerprint density at radius 3 is 2.95 bits per heavy atom. The highest BCUT2D eigenvalue weighted by atomic mass is 35.5. The number of hydrogen-bond donors (Lipinski definition) is 1. The fourth-order valence-electron chi connectivity index (χ4n) is 2.42. The maximum atomic E-state index is 6.13. The van der Waals surface area contributed by atoms with Crippen molar-refractivity contribution in [2.24, 2.45) is 10.9 Å². The molecule has 1 aromatic rings. The number of nitrogens with zero attached hydrogens (tertiary/aromatic N) is 2. The molecule has 0 spiro atoms. The van der Waals surface area contributed by atoms with Crippen LogP contribution in [0.2, 0.25) is 4.34 Å². The molecule has 0 saturated heterocycles. The van der Waals surface area contributed by atoms with E-state index in [9.17, 15) is 0 Å². The molecule has 0 radical (unpaired) electrons. The molecule has 5 heteroatoms.